The topological polar surface area (TPSA) is 67.7 Å². The molecule has 4 heterocycles. The second kappa shape index (κ2) is 7.54. The van der Waals surface area contributed by atoms with Gasteiger partial charge in [-0.25, -0.2) is 9.78 Å². The van der Waals surface area contributed by atoms with Crippen LogP contribution in [0.4, 0.5) is 4.79 Å². The fourth-order valence-electron chi connectivity index (χ4n) is 4.74. The fraction of sp³-hybridized carbons (Fsp3) is 0.500. The fourth-order valence-corrected chi connectivity index (χ4v) is 4.74. The van der Waals surface area contributed by atoms with E-state index in [4.69, 9.17) is 9.72 Å². The van der Waals surface area contributed by atoms with Crippen molar-refractivity contribution in [2.24, 2.45) is 0 Å². The van der Waals surface area contributed by atoms with Crippen molar-refractivity contribution in [3.63, 3.8) is 0 Å². The monoisotopic (exact) mass is 394 g/mol. The Hall–Kier alpha value is -2.83. The Labute approximate surface area is 170 Å². The third-order valence-electron chi connectivity index (χ3n) is 6.28. The molecule has 152 valence electrons. The predicted octanol–water partition coefficient (Wildman–Crippen LogP) is 2.94. The Morgan fingerprint density at radius 3 is 2.79 bits per heavy atom. The zero-order chi connectivity index (χ0) is 19.8. The van der Waals surface area contributed by atoms with Crippen molar-refractivity contribution in [3.05, 3.63) is 41.7 Å². The van der Waals surface area contributed by atoms with Gasteiger partial charge >= 0.3 is 6.09 Å². The summed E-state index contributed by atoms with van der Waals surface area (Å²) in [6.45, 7) is 2.94. The second-order valence-corrected chi connectivity index (χ2v) is 8.06. The molecule has 2 aromatic rings. The van der Waals surface area contributed by atoms with E-state index in [0.717, 1.165) is 49.3 Å². The molecule has 3 aliphatic heterocycles. The largest absolute Gasteiger partial charge is 0.449 e. The normalized spacial score (nSPS) is 21.8. The van der Waals surface area contributed by atoms with Gasteiger partial charge in [0.05, 0.1) is 18.3 Å². The van der Waals surface area contributed by atoms with Crippen molar-refractivity contribution in [1.82, 2.24) is 19.4 Å². The number of aromatic nitrogens is 2. The van der Waals surface area contributed by atoms with Gasteiger partial charge in [-0.15, -0.1) is 0 Å². The molecule has 7 heteroatoms. The third kappa shape index (κ3) is 3.28. The number of carbonyl (C=O) groups excluding carboxylic acids is 2. The van der Waals surface area contributed by atoms with E-state index in [9.17, 15) is 9.59 Å². The molecule has 2 amide bonds. The van der Waals surface area contributed by atoms with E-state index in [0.29, 0.717) is 31.9 Å². The minimum absolute atomic E-state index is 0.00331. The van der Waals surface area contributed by atoms with Crippen LogP contribution >= 0.6 is 0 Å². The van der Waals surface area contributed by atoms with Gasteiger partial charge in [0.2, 0.25) is 0 Å². The lowest BCUT2D eigenvalue weighted by molar-refractivity contribution is 0.00683. The molecule has 29 heavy (non-hydrogen) atoms. The van der Waals surface area contributed by atoms with Crippen LogP contribution in [0.2, 0.25) is 0 Å². The zero-order valence-electron chi connectivity index (χ0n) is 16.5. The molecule has 3 aliphatic rings. The summed E-state index contributed by atoms with van der Waals surface area (Å²) in [5, 5.41) is 0. The van der Waals surface area contributed by atoms with Gasteiger partial charge in [0.15, 0.2) is 0 Å². The van der Waals surface area contributed by atoms with Crippen LogP contribution in [0.1, 0.15) is 41.9 Å². The van der Waals surface area contributed by atoms with Gasteiger partial charge in [-0.1, -0.05) is 36.8 Å². The number of rotatable bonds is 2. The first-order valence-corrected chi connectivity index (χ1v) is 10.6. The lowest BCUT2D eigenvalue weighted by Crippen LogP contribution is -2.59. The highest BCUT2D eigenvalue weighted by Crippen LogP contribution is 2.29. The van der Waals surface area contributed by atoms with Crippen molar-refractivity contribution in [2.75, 3.05) is 26.2 Å². The summed E-state index contributed by atoms with van der Waals surface area (Å²) in [7, 11) is 0. The van der Waals surface area contributed by atoms with Gasteiger partial charge in [0, 0.05) is 38.2 Å². The summed E-state index contributed by atoms with van der Waals surface area (Å²) >= 11 is 0. The van der Waals surface area contributed by atoms with E-state index in [1.807, 2.05) is 23.1 Å². The Morgan fingerprint density at radius 1 is 1.07 bits per heavy atom. The maximum Gasteiger partial charge on any atom is 0.410 e. The zero-order valence-corrected chi connectivity index (χ0v) is 16.5. The molecule has 0 N–H and O–H groups in total. The van der Waals surface area contributed by atoms with Crippen LogP contribution < -0.4 is 0 Å². The van der Waals surface area contributed by atoms with Crippen LogP contribution in [0.5, 0.6) is 0 Å². The SMILES string of the molecule is O=C(c1nc(-c2ccccc2)n2c1CCCCC2)N1CCN2C(=O)OCCC2C1. The van der Waals surface area contributed by atoms with Crippen molar-refractivity contribution in [1.29, 1.82) is 0 Å². The summed E-state index contributed by atoms with van der Waals surface area (Å²) in [6.07, 6.45) is 4.77. The highest BCUT2D eigenvalue weighted by Gasteiger charge is 2.37. The molecule has 0 aliphatic carbocycles. The van der Waals surface area contributed by atoms with Crippen LogP contribution in [-0.2, 0) is 17.7 Å². The molecule has 0 radical (unpaired) electrons. The smallest absolute Gasteiger partial charge is 0.410 e. The Bertz CT molecular complexity index is 924. The average molecular weight is 394 g/mol. The Morgan fingerprint density at radius 2 is 1.93 bits per heavy atom. The number of piperazine rings is 1. The second-order valence-electron chi connectivity index (χ2n) is 8.06. The molecule has 5 rings (SSSR count). The van der Waals surface area contributed by atoms with Gasteiger partial charge in [0.25, 0.3) is 5.91 Å². The number of hydrogen-bond donors (Lipinski definition) is 0. The lowest BCUT2D eigenvalue weighted by atomic mass is 10.1. The number of hydrogen-bond acceptors (Lipinski definition) is 4. The van der Waals surface area contributed by atoms with Gasteiger partial charge < -0.3 is 19.1 Å². The number of carbonyl (C=O) groups is 2. The molecule has 2 saturated heterocycles. The minimum Gasteiger partial charge on any atom is -0.449 e. The van der Waals surface area contributed by atoms with Crippen molar-refractivity contribution >= 4 is 12.0 Å². The number of amides is 2. The quantitative estimate of drug-likeness (QED) is 0.785. The van der Waals surface area contributed by atoms with Crippen LogP contribution in [0.25, 0.3) is 11.4 Å². The Balaban J connectivity index is 1.47. The van der Waals surface area contributed by atoms with Crippen molar-refractivity contribution < 1.29 is 14.3 Å². The molecule has 1 aromatic carbocycles. The summed E-state index contributed by atoms with van der Waals surface area (Å²) in [6, 6.07) is 10.2. The van der Waals surface area contributed by atoms with Gasteiger partial charge in [-0.3, -0.25) is 4.79 Å². The first-order valence-electron chi connectivity index (χ1n) is 10.6. The summed E-state index contributed by atoms with van der Waals surface area (Å²) in [4.78, 5) is 34.0. The Kier molecular flexibility index (Phi) is 4.73. The molecule has 7 nitrogen and oxygen atoms in total. The van der Waals surface area contributed by atoms with Gasteiger partial charge in [-0.2, -0.15) is 0 Å². The van der Waals surface area contributed by atoms with Crippen LogP contribution in [0, 0.1) is 0 Å². The van der Waals surface area contributed by atoms with Crippen LogP contribution in [0.15, 0.2) is 30.3 Å². The number of ether oxygens (including phenoxy) is 1. The first-order chi connectivity index (χ1) is 14.2. The molecule has 0 spiro atoms. The molecule has 2 fully saturated rings. The lowest BCUT2D eigenvalue weighted by Gasteiger charge is -2.42. The molecular formula is C22H26N4O3. The number of nitrogens with zero attached hydrogens (tertiary/aromatic N) is 4. The number of fused-ring (bicyclic) bond motifs is 2. The first kappa shape index (κ1) is 18.2. The van der Waals surface area contributed by atoms with Gasteiger partial charge in [-0.05, 0) is 19.3 Å². The third-order valence-corrected chi connectivity index (χ3v) is 6.28. The summed E-state index contributed by atoms with van der Waals surface area (Å²) < 4.78 is 7.39. The minimum atomic E-state index is -0.254. The van der Waals surface area contributed by atoms with E-state index in [2.05, 4.69) is 16.7 Å². The summed E-state index contributed by atoms with van der Waals surface area (Å²) in [5.74, 6) is 0.891. The standard InChI is InChI=1S/C22H26N4O3/c27-21(24-12-13-25-17(15-24)10-14-29-22(25)28)19-18-9-5-2-6-11-26(18)20(23-19)16-7-3-1-4-8-16/h1,3-4,7-8,17H,2,5-6,9-15H2. The van der Waals surface area contributed by atoms with E-state index in [-0.39, 0.29) is 18.0 Å². The van der Waals surface area contributed by atoms with E-state index in [1.165, 1.54) is 6.42 Å². The maximum absolute atomic E-state index is 13.5. The number of cyclic esters (lactones) is 1. The molecule has 0 bridgehead atoms. The molecule has 1 atom stereocenters. The van der Waals surface area contributed by atoms with Crippen molar-refractivity contribution in [3.8, 4) is 11.4 Å². The van der Waals surface area contributed by atoms with E-state index < -0.39 is 0 Å². The predicted molar refractivity (Wildman–Crippen MR) is 108 cm³/mol. The van der Waals surface area contributed by atoms with Crippen LogP contribution in [-0.4, -0.2) is 63.6 Å². The molecular weight excluding hydrogens is 368 g/mol. The van der Waals surface area contributed by atoms with Gasteiger partial charge in [0.1, 0.15) is 11.5 Å². The van der Waals surface area contributed by atoms with Crippen LogP contribution in [0.3, 0.4) is 0 Å². The molecule has 1 unspecified atom stereocenters. The average Bonchev–Trinajstić information content (AvgIpc) is 2.94. The maximum atomic E-state index is 13.5. The highest BCUT2D eigenvalue weighted by atomic mass is 16.6. The molecule has 1 aromatic heterocycles. The number of benzene rings is 1. The number of imidazole rings is 1. The molecule has 0 saturated carbocycles. The summed E-state index contributed by atoms with van der Waals surface area (Å²) in [5.41, 5.74) is 2.71. The van der Waals surface area contributed by atoms with Crippen molar-refractivity contribution in [2.45, 2.75) is 44.7 Å². The highest BCUT2D eigenvalue weighted by molar-refractivity contribution is 5.94. The van der Waals surface area contributed by atoms with E-state index >= 15 is 0 Å². The van der Waals surface area contributed by atoms with E-state index in [1.54, 1.807) is 4.90 Å².